The summed E-state index contributed by atoms with van der Waals surface area (Å²) in [6, 6.07) is 68.5. The molecular weight excluding hydrogens is 1310 g/mol. The molecule has 0 bridgehead atoms. The normalized spacial score (nSPS) is 10.6. The molecule has 18 nitrogen and oxygen atoms in total. The van der Waals surface area contributed by atoms with Gasteiger partial charge < -0.3 is 39.7 Å². The number of carboxylic acids is 5. The first-order valence-corrected chi connectivity index (χ1v) is 33.0. The van der Waals surface area contributed by atoms with E-state index in [1.807, 2.05) is 136 Å². The van der Waals surface area contributed by atoms with Crippen LogP contribution in [-0.2, 0) is 32.1 Å². The fourth-order valence-corrected chi connectivity index (χ4v) is 10.9. The van der Waals surface area contributed by atoms with E-state index in [9.17, 15) is 47.9 Å². The first-order valence-electron chi connectivity index (χ1n) is 33.0. The number of methoxy groups -OCH3 is 1. The zero-order valence-electron chi connectivity index (χ0n) is 57.3. The molecule has 18 heteroatoms. The topological polar surface area (TPSA) is 300 Å². The third-order valence-corrected chi connectivity index (χ3v) is 16.5. The Morgan fingerprint density at radius 3 is 0.971 bits per heavy atom. The molecule has 0 unspecified atom stereocenters. The van der Waals surface area contributed by atoms with Gasteiger partial charge in [-0.1, -0.05) is 193 Å². The summed E-state index contributed by atoms with van der Waals surface area (Å²) in [6.07, 6.45) is 4.40. The molecule has 1 aliphatic heterocycles. The van der Waals surface area contributed by atoms with Crippen LogP contribution in [0.4, 0.5) is 0 Å². The van der Waals surface area contributed by atoms with Crippen LogP contribution in [0.2, 0.25) is 0 Å². The maximum Gasteiger partial charge on any atom is 0.336 e. The first kappa shape index (κ1) is 77.6. The van der Waals surface area contributed by atoms with Crippen LogP contribution in [0.25, 0.3) is 0 Å². The smallest absolute Gasteiger partial charge is 0.336 e. The van der Waals surface area contributed by atoms with Crippen molar-refractivity contribution in [2.75, 3.05) is 13.9 Å². The Labute approximate surface area is 596 Å². The van der Waals surface area contributed by atoms with Gasteiger partial charge in [0, 0.05) is 59.9 Å². The highest BCUT2D eigenvalue weighted by molar-refractivity contribution is 6.09. The van der Waals surface area contributed by atoms with E-state index in [0.29, 0.717) is 62.9 Å². The van der Waals surface area contributed by atoms with Gasteiger partial charge in [-0.2, -0.15) is 0 Å². The van der Waals surface area contributed by atoms with Gasteiger partial charge in [-0.25, -0.2) is 24.0 Å². The van der Waals surface area contributed by atoms with Gasteiger partial charge in [-0.15, -0.1) is 0 Å². The SMILES string of the molecule is COc1ccc(CCC(=O)c2ccccc2C(=O)O)cc1.Cc1ccc(CCC(=O)c2ccccc2C(=O)O)cc1.Cc1cccc(CCC(=O)c2ccccc2C(=O)O)c1.Cc1ccccc1CCC(=O)c1ccccc1C(=O)O.O=C(O)c1ccccc1C(=O)CCc1ccc2c(c1)OCO2. The van der Waals surface area contributed by atoms with Crippen molar-refractivity contribution in [3.63, 3.8) is 0 Å². The minimum Gasteiger partial charge on any atom is -0.497 e. The van der Waals surface area contributed by atoms with Gasteiger partial charge in [0.05, 0.1) is 34.9 Å². The Bertz CT molecular complexity index is 4660. The Kier molecular flexibility index (Phi) is 29.5. The molecule has 10 aromatic rings. The molecule has 0 radical (unpaired) electrons. The van der Waals surface area contributed by atoms with Crippen molar-refractivity contribution >= 4 is 58.8 Å². The minimum absolute atomic E-state index is 0.0400. The van der Waals surface area contributed by atoms with Gasteiger partial charge in [-0.05, 0) is 141 Å². The summed E-state index contributed by atoms with van der Waals surface area (Å²) in [6.45, 7) is 6.23. The van der Waals surface area contributed by atoms with Crippen molar-refractivity contribution in [1.29, 1.82) is 0 Å². The Morgan fingerprint density at radius 1 is 0.301 bits per heavy atom. The second kappa shape index (κ2) is 39.2. The lowest BCUT2D eigenvalue weighted by Crippen LogP contribution is -2.09. The molecule has 11 rings (SSSR count). The fourth-order valence-electron chi connectivity index (χ4n) is 10.9. The average Bonchev–Trinajstić information content (AvgIpc) is 1.71. The molecule has 103 heavy (non-hydrogen) atoms. The zero-order valence-corrected chi connectivity index (χ0v) is 57.3. The molecule has 0 saturated heterocycles. The van der Waals surface area contributed by atoms with E-state index < -0.39 is 29.8 Å². The summed E-state index contributed by atoms with van der Waals surface area (Å²) in [5.41, 5.74) is 10.4. The molecule has 526 valence electrons. The number of ether oxygens (including phenoxy) is 3. The number of aryl methyl sites for hydroxylation is 8. The third-order valence-electron chi connectivity index (χ3n) is 16.5. The van der Waals surface area contributed by atoms with Crippen LogP contribution in [-0.4, -0.2) is 98.2 Å². The molecule has 0 saturated carbocycles. The summed E-state index contributed by atoms with van der Waals surface area (Å²) in [5.74, 6) is -3.98. The van der Waals surface area contributed by atoms with Crippen molar-refractivity contribution in [1.82, 2.24) is 0 Å². The zero-order chi connectivity index (χ0) is 74.4. The number of rotatable bonds is 26. The Morgan fingerprint density at radius 2 is 0.612 bits per heavy atom. The molecule has 5 N–H and O–H groups in total. The van der Waals surface area contributed by atoms with Gasteiger partial charge in [-0.3, -0.25) is 24.0 Å². The van der Waals surface area contributed by atoms with Crippen molar-refractivity contribution < 1.29 is 87.7 Å². The highest BCUT2D eigenvalue weighted by Crippen LogP contribution is 2.33. The van der Waals surface area contributed by atoms with E-state index in [1.165, 1.54) is 35.9 Å². The number of carbonyl (C=O) groups excluding carboxylic acids is 5. The molecule has 10 aromatic carbocycles. The van der Waals surface area contributed by atoms with Crippen molar-refractivity contribution in [2.45, 2.75) is 85.0 Å². The lowest BCUT2D eigenvalue weighted by atomic mass is 9.97. The molecule has 1 heterocycles. The van der Waals surface area contributed by atoms with E-state index in [1.54, 1.807) is 98.1 Å². The highest BCUT2D eigenvalue weighted by Gasteiger charge is 2.21. The van der Waals surface area contributed by atoms with Crippen LogP contribution in [0.3, 0.4) is 0 Å². The number of benzene rings is 10. The number of carbonyl (C=O) groups is 10. The van der Waals surface area contributed by atoms with E-state index in [2.05, 4.69) is 0 Å². The van der Waals surface area contributed by atoms with Crippen LogP contribution < -0.4 is 14.2 Å². The van der Waals surface area contributed by atoms with E-state index in [0.717, 1.165) is 44.7 Å². The molecule has 0 aliphatic carbocycles. The maximum atomic E-state index is 12.3. The molecule has 1 aliphatic rings. The Hall–Kier alpha value is -12.7. The van der Waals surface area contributed by atoms with Gasteiger partial charge in [0.2, 0.25) is 6.79 Å². The summed E-state index contributed by atoms with van der Waals surface area (Å²) in [5, 5.41) is 45.5. The van der Waals surface area contributed by atoms with Crippen molar-refractivity contribution in [3.05, 3.63) is 337 Å². The number of carboxylic acid groups (broad SMARTS) is 5. The number of hydrogen-bond donors (Lipinski definition) is 5. The molecular formula is C85H78O18. The van der Waals surface area contributed by atoms with E-state index in [4.69, 9.17) is 39.7 Å². The largest absolute Gasteiger partial charge is 0.497 e. The number of aromatic carboxylic acids is 5. The van der Waals surface area contributed by atoms with Crippen LogP contribution >= 0.6 is 0 Å². The standard InChI is InChI=1S/C17H14O5.C17H16O4.3C17H16O3/c18-14(12-3-1-2-4-13(12)17(19)20)7-5-11-6-8-15-16(9-11)22-10-21-15;1-21-13-9-6-12(7-10-13)8-11-16(18)14-4-2-3-5-15(14)17(19)20;1-12-5-4-6-13(11-12)9-10-16(18)14-7-2-3-8-15(14)17(19)20;1-12-6-2-3-7-13(12)10-11-16(18)14-8-4-5-9-15(14)17(19)20;1-12-6-8-13(9-7-12)10-11-16(18)14-4-2-3-5-15(14)17(19)20/h1-4,6,8-9H,5,7,10H2,(H,19,20);2-7,9-10H,8,11H2,1H3,(H,19,20);2-8,11H,9-10H2,1H3,(H,19,20);2*2-9H,10-11H2,1H3,(H,19,20). The van der Waals surface area contributed by atoms with Crippen LogP contribution in [0.1, 0.15) is 180 Å². The van der Waals surface area contributed by atoms with Crippen LogP contribution in [0, 0.1) is 20.8 Å². The number of fused-ring (bicyclic) bond motifs is 1. The fraction of sp³-hybridized carbons (Fsp3) is 0.176. The summed E-state index contributed by atoms with van der Waals surface area (Å²) < 4.78 is 15.6. The number of hydrogen-bond acceptors (Lipinski definition) is 13. The molecule has 0 atom stereocenters. The summed E-state index contributed by atoms with van der Waals surface area (Å²) in [4.78, 5) is 116. The summed E-state index contributed by atoms with van der Waals surface area (Å²) >= 11 is 0. The quantitative estimate of drug-likeness (QED) is 0.0315. The maximum absolute atomic E-state index is 12.3. The van der Waals surface area contributed by atoms with Gasteiger partial charge in [0.15, 0.2) is 40.4 Å². The third kappa shape index (κ3) is 23.7. The van der Waals surface area contributed by atoms with Crippen LogP contribution in [0.5, 0.6) is 17.2 Å². The molecule has 0 fully saturated rings. The lowest BCUT2D eigenvalue weighted by Gasteiger charge is -2.07. The monoisotopic (exact) mass is 1390 g/mol. The van der Waals surface area contributed by atoms with Gasteiger partial charge >= 0.3 is 29.8 Å². The number of ketones is 5. The Balaban J connectivity index is 0.000000180. The molecule has 0 amide bonds. The minimum atomic E-state index is -1.09. The van der Waals surface area contributed by atoms with Gasteiger partial charge in [0.1, 0.15) is 5.75 Å². The average molecular weight is 1390 g/mol. The second-order valence-electron chi connectivity index (χ2n) is 23.8. The second-order valence-corrected chi connectivity index (χ2v) is 23.8. The van der Waals surface area contributed by atoms with E-state index >= 15 is 0 Å². The van der Waals surface area contributed by atoms with Crippen molar-refractivity contribution in [3.8, 4) is 17.2 Å². The highest BCUT2D eigenvalue weighted by atomic mass is 16.7. The number of Topliss-reactive ketones (excluding diaryl/α,β-unsaturated/α-hetero) is 5. The van der Waals surface area contributed by atoms with Crippen molar-refractivity contribution in [2.24, 2.45) is 0 Å². The molecule has 0 spiro atoms. The van der Waals surface area contributed by atoms with E-state index in [-0.39, 0.29) is 104 Å². The molecule has 0 aromatic heterocycles. The predicted molar refractivity (Wildman–Crippen MR) is 389 cm³/mol. The van der Waals surface area contributed by atoms with Gasteiger partial charge in [0.25, 0.3) is 0 Å². The summed E-state index contributed by atoms with van der Waals surface area (Å²) in [7, 11) is 1.60. The van der Waals surface area contributed by atoms with Crippen LogP contribution in [0.15, 0.2) is 237 Å². The predicted octanol–water partition coefficient (Wildman–Crippen LogP) is 16.7. The first-order chi connectivity index (χ1) is 49.5. The lowest BCUT2D eigenvalue weighted by molar-refractivity contribution is 0.0683.